The molecule has 126 valence electrons. The number of hydrogen-bond donors (Lipinski definition) is 0. The van der Waals surface area contributed by atoms with Gasteiger partial charge in [0.1, 0.15) is 11.6 Å². The average Bonchev–Trinajstić information content (AvgIpc) is 3.43. The van der Waals surface area contributed by atoms with E-state index >= 15 is 0 Å². The molecule has 2 aliphatic carbocycles. The van der Waals surface area contributed by atoms with E-state index in [9.17, 15) is 9.59 Å². The van der Waals surface area contributed by atoms with Crippen LogP contribution in [-0.4, -0.2) is 11.6 Å². The zero-order chi connectivity index (χ0) is 18.2. The van der Waals surface area contributed by atoms with E-state index < -0.39 is 0 Å². The Kier molecular flexibility index (Phi) is 7.29. The molecule has 0 bridgehead atoms. The topological polar surface area (TPSA) is 34.1 Å². The molecule has 0 fully saturated rings. The van der Waals surface area contributed by atoms with Crippen molar-refractivity contribution >= 4 is 11.6 Å². The van der Waals surface area contributed by atoms with E-state index in [2.05, 4.69) is 47.3 Å². The zero-order valence-electron chi connectivity index (χ0n) is 13.9. The van der Waals surface area contributed by atoms with E-state index in [1.807, 2.05) is 36.4 Å². The number of allylic oxidation sites excluding steroid dienone is 2. The molecule has 0 N–H and O–H groups in total. The van der Waals surface area contributed by atoms with Crippen molar-refractivity contribution in [3.05, 3.63) is 107 Å². The molecule has 0 saturated carbocycles. The zero-order valence-corrected chi connectivity index (χ0v) is 15.7. The maximum Gasteiger partial charge on any atom is 2.00 e. The Hall–Kier alpha value is -3.44. The molecule has 2 aromatic carbocycles. The van der Waals surface area contributed by atoms with Crippen LogP contribution in [-0.2, 0) is 19.5 Å². The summed E-state index contributed by atoms with van der Waals surface area (Å²) in [6.45, 7) is 0. The molecule has 0 aliphatic heterocycles. The van der Waals surface area contributed by atoms with Gasteiger partial charge in [0.2, 0.25) is 0 Å². The van der Waals surface area contributed by atoms with Gasteiger partial charge in [-0.25, -0.2) is 23.3 Å². The van der Waals surface area contributed by atoms with Gasteiger partial charge in [0.15, 0.2) is 0 Å². The summed E-state index contributed by atoms with van der Waals surface area (Å²) in [5.41, 5.74) is 7.37. The molecule has 0 spiro atoms. The Balaban J connectivity index is 0.000000187. The maximum atomic E-state index is 11.6. The van der Waals surface area contributed by atoms with Crippen molar-refractivity contribution in [1.29, 1.82) is 0 Å². The van der Waals surface area contributed by atoms with Gasteiger partial charge in [-0.1, -0.05) is 84.0 Å². The second kappa shape index (κ2) is 9.89. The maximum absolute atomic E-state index is 11.6. The molecule has 3 heteroatoms. The van der Waals surface area contributed by atoms with Crippen LogP contribution in [0.5, 0.6) is 0 Å². The fraction of sp³-hybridized carbons (Fsp3) is 0. The molecular weight excluding hydrogens is 421 g/mol. The molecule has 2 aromatic rings. The number of Topliss-reactive ketones (excluding diaryl/α,β-unsaturated/α-hetero) is 2. The molecule has 0 saturated heterocycles. The minimum atomic E-state index is -0.0851. The summed E-state index contributed by atoms with van der Waals surface area (Å²) in [4.78, 5) is 23.2. The Labute approximate surface area is 170 Å². The third kappa shape index (κ3) is 5.27. The summed E-state index contributed by atoms with van der Waals surface area (Å²) >= 11 is 0. The average molecular weight is 431 g/mol. The van der Waals surface area contributed by atoms with Crippen LogP contribution in [0, 0.1) is 35.8 Å². The van der Waals surface area contributed by atoms with Gasteiger partial charge < -0.3 is 9.59 Å². The van der Waals surface area contributed by atoms with Crippen molar-refractivity contribution in [2.75, 3.05) is 0 Å². The van der Waals surface area contributed by atoms with Gasteiger partial charge in [-0.3, -0.25) is 11.8 Å². The first kappa shape index (κ1) is 19.9. The minimum absolute atomic E-state index is 0. The summed E-state index contributed by atoms with van der Waals surface area (Å²) in [5, 5.41) is 0. The van der Waals surface area contributed by atoms with Crippen molar-refractivity contribution in [2.24, 2.45) is 0 Å². The number of carbonyl (C=O) groups excluding carboxylic acids is 2. The summed E-state index contributed by atoms with van der Waals surface area (Å²) in [6, 6.07) is 18.1. The SMILES string of the molecule is O=C(C1=C=[C-]C#C1)c1ccccc1.O=C(C1=C=[C-]C#C1)c1ccccc1.[Ru+2]. The van der Waals surface area contributed by atoms with Crippen LogP contribution in [0.3, 0.4) is 0 Å². The molecule has 2 aliphatic rings. The first-order chi connectivity index (χ1) is 12.8. The van der Waals surface area contributed by atoms with Crippen LogP contribution in [0.15, 0.2) is 83.3 Å². The van der Waals surface area contributed by atoms with Crippen LogP contribution < -0.4 is 0 Å². The monoisotopic (exact) mass is 432 g/mol. The van der Waals surface area contributed by atoms with Crippen molar-refractivity contribution in [3.63, 3.8) is 0 Å². The van der Waals surface area contributed by atoms with Crippen molar-refractivity contribution in [3.8, 4) is 23.7 Å². The smallest absolute Gasteiger partial charge is 0.303 e. The Morgan fingerprint density at radius 1 is 0.630 bits per heavy atom. The van der Waals surface area contributed by atoms with Crippen LogP contribution in [0.2, 0.25) is 0 Å². The van der Waals surface area contributed by atoms with Crippen molar-refractivity contribution in [2.45, 2.75) is 0 Å². The first-order valence-corrected chi connectivity index (χ1v) is 7.73. The third-order valence-electron chi connectivity index (χ3n) is 3.40. The number of ketones is 2. The van der Waals surface area contributed by atoms with Gasteiger partial charge >= 0.3 is 19.5 Å². The quantitative estimate of drug-likeness (QED) is 0.244. The summed E-state index contributed by atoms with van der Waals surface area (Å²) < 4.78 is 0. The van der Waals surface area contributed by atoms with Gasteiger partial charge in [0.05, 0.1) is 0 Å². The number of rotatable bonds is 4. The summed E-state index contributed by atoms with van der Waals surface area (Å²) in [6.07, 6.45) is 5.11. The van der Waals surface area contributed by atoms with E-state index in [-0.39, 0.29) is 31.0 Å². The summed E-state index contributed by atoms with van der Waals surface area (Å²) in [7, 11) is 0. The Morgan fingerprint density at radius 3 is 1.30 bits per heavy atom. The Morgan fingerprint density at radius 2 is 1.00 bits per heavy atom. The van der Waals surface area contributed by atoms with E-state index in [1.165, 1.54) is 0 Å². The predicted octanol–water partition coefficient (Wildman–Crippen LogP) is 3.54. The second-order valence-corrected chi connectivity index (χ2v) is 5.14. The van der Waals surface area contributed by atoms with Gasteiger partial charge in [-0.2, -0.15) is 0 Å². The number of hydrogen-bond acceptors (Lipinski definition) is 2. The Bertz CT molecular complexity index is 1030. The number of carbonyl (C=O) groups is 2. The molecule has 0 unspecified atom stereocenters. The molecule has 0 heterocycles. The van der Waals surface area contributed by atoms with E-state index in [1.54, 1.807) is 24.3 Å². The fourth-order valence-electron chi connectivity index (χ4n) is 2.13. The number of benzene rings is 2. The molecule has 0 amide bonds. The normalized spacial score (nSPS) is 11.4. The predicted molar refractivity (Wildman–Crippen MR) is 97.6 cm³/mol. The molecule has 4 rings (SSSR count). The third-order valence-corrected chi connectivity index (χ3v) is 3.40. The fourth-order valence-corrected chi connectivity index (χ4v) is 2.13. The van der Waals surface area contributed by atoms with Crippen molar-refractivity contribution < 1.29 is 29.1 Å². The molecule has 0 radical (unpaired) electrons. The van der Waals surface area contributed by atoms with E-state index in [0.717, 1.165) is 0 Å². The van der Waals surface area contributed by atoms with E-state index in [4.69, 9.17) is 0 Å². The van der Waals surface area contributed by atoms with E-state index in [0.29, 0.717) is 22.3 Å². The van der Waals surface area contributed by atoms with Gasteiger partial charge in [-0.05, 0) is 0 Å². The van der Waals surface area contributed by atoms with Gasteiger partial charge in [0, 0.05) is 11.1 Å². The van der Waals surface area contributed by atoms with Gasteiger partial charge in [-0.15, -0.1) is 0 Å². The minimum Gasteiger partial charge on any atom is -0.303 e. The summed E-state index contributed by atoms with van der Waals surface area (Å²) in [5.74, 6) is 10.2. The van der Waals surface area contributed by atoms with Crippen LogP contribution in [0.4, 0.5) is 0 Å². The molecular formula is C24H10O2Ru. The first-order valence-electron chi connectivity index (χ1n) is 7.73. The van der Waals surface area contributed by atoms with Crippen LogP contribution in [0.25, 0.3) is 0 Å². The molecule has 0 aromatic heterocycles. The molecule has 2 nitrogen and oxygen atoms in total. The standard InChI is InChI=1S/2C12H5O.Ru/c2*13-12(11-8-4-5-9-11)10-6-2-1-3-7-10;/h2*1-3,6-7H;/q2*-1;+2. The van der Waals surface area contributed by atoms with Gasteiger partial charge in [0.25, 0.3) is 0 Å². The molecule has 0 atom stereocenters. The molecule has 27 heavy (non-hydrogen) atoms. The van der Waals surface area contributed by atoms with Crippen LogP contribution >= 0.6 is 0 Å². The van der Waals surface area contributed by atoms with Crippen LogP contribution in [0.1, 0.15) is 20.7 Å². The second-order valence-electron chi connectivity index (χ2n) is 5.14. The largest absolute Gasteiger partial charge is 2.00 e. The van der Waals surface area contributed by atoms with Crippen molar-refractivity contribution in [1.82, 2.24) is 0 Å².